The fraction of sp³-hybridized carbons (Fsp3) is 0.571. The Balaban J connectivity index is 0.00000220. The van der Waals surface area contributed by atoms with Crippen LogP contribution < -0.4 is 5.73 Å². The van der Waals surface area contributed by atoms with E-state index in [-0.39, 0.29) is 18.4 Å². The molecule has 1 aliphatic heterocycles. The Morgan fingerprint density at radius 3 is 2.71 bits per heavy atom. The first-order chi connectivity index (χ1) is 9.46. The molecule has 2 N–H and O–H groups in total. The lowest BCUT2D eigenvalue weighted by Crippen LogP contribution is -2.44. The Kier molecular flexibility index (Phi) is 7.13. The Hall–Kier alpha value is -0.140. The fourth-order valence-electron chi connectivity index (χ4n) is 2.68. The summed E-state index contributed by atoms with van der Waals surface area (Å²) >= 11 is 3.40. The molecule has 0 saturated carbocycles. The minimum atomic E-state index is -3.42. The molecule has 1 fully saturated rings. The van der Waals surface area contributed by atoms with Crippen LogP contribution >= 0.6 is 28.3 Å². The van der Waals surface area contributed by atoms with Gasteiger partial charge in [0.1, 0.15) is 0 Å². The number of benzene rings is 1. The summed E-state index contributed by atoms with van der Waals surface area (Å²) in [5.41, 5.74) is 6.55. The lowest BCUT2D eigenvalue weighted by atomic mass is 10.0. The zero-order valence-electron chi connectivity index (χ0n) is 12.1. The monoisotopic (exact) mass is 396 g/mol. The molecule has 4 nitrogen and oxygen atoms in total. The molecule has 1 atom stereocenters. The van der Waals surface area contributed by atoms with Gasteiger partial charge in [-0.15, -0.1) is 12.4 Å². The molecule has 0 bridgehead atoms. The highest BCUT2D eigenvalue weighted by Gasteiger charge is 2.33. The molecule has 1 unspecified atom stereocenters. The molecular formula is C14H22BrClN2O2S. The van der Waals surface area contributed by atoms with Gasteiger partial charge in [0.25, 0.3) is 0 Å². The lowest BCUT2D eigenvalue weighted by Gasteiger charge is -2.34. The minimum Gasteiger partial charge on any atom is -0.330 e. The van der Waals surface area contributed by atoms with Crippen molar-refractivity contribution < 1.29 is 8.42 Å². The molecule has 0 aliphatic carbocycles. The summed E-state index contributed by atoms with van der Waals surface area (Å²) in [6.07, 6.45) is 3.65. The van der Waals surface area contributed by atoms with Gasteiger partial charge in [0, 0.05) is 17.1 Å². The molecule has 1 aromatic carbocycles. The molecule has 21 heavy (non-hydrogen) atoms. The first kappa shape index (κ1) is 18.9. The third-order valence-corrected chi connectivity index (χ3v) is 6.65. The lowest BCUT2D eigenvalue weighted by molar-refractivity contribution is 0.243. The van der Waals surface area contributed by atoms with Gasteiger partial charge < -0.3 is 5.73 Å². The molecule has 0 spiro atoms. The van der Waals surface area contributed by atoms with Crippen LogP contribution in [0, 0.1) is 6.92 Å². The molecule has 0 amide bonds. The van der Waals surface area contributed by atoms with Crippen molar-refractivity contribution in [2.45, 2.75) is 43.5 Å². The number of nitrogens with zero attached hydrogens (tertiary/aromatic N) is 1. The van der Waals surface area contributed by atoms with Crippen LogP contribution in [0.4, 0.5) is 0 Å². The van der Waals surface area contributed by atoms with Gasteiger partial charge in [-0.1, -0.05) is 22.4 Å². The number of piperidine rings is 1. The highest BCUT2D eigenvalue weighted by molar-refractivity contribution is 9.10. The van der Waals surface area contributed by atoms with Gasteiger partial charge >= 0.3 is 0 Å². The van der Waals surface area contributed by atoms with E-state index < -0.39 is 10.0 Å². The Bertz CT molecular complexity index is 578. The summed E-state index contributed by atoms with van der Waals surface area (Å²) in [5.74, 6) is 0. The molecular weight excluding hydrogens is 376 g/mol. The first-order valence-electron chi connectivity index (χ1n) is 6.95. The predicted molar refractivity (Wildman–Crippen MR) is 91.3 cm³/mol. The number of nitrogens with two attached hydrogens (primary N) is 1. The molecule has 0 aromatic heterocycles. The van der Waals surface area contributed by atoms with E-state index in [2.05, 4.69) is 15.9 Å². The highest BCUT2D eigenvalue weighted by atomic mass is 79.9. The summed E-state index contributed by atoms with van der Waals surface area (Å²) in [6, 6.07) is 5.24. The minimum absolute atomic E-state index is 0. The Morgan fingerprint density at radius 1 is 1.38 bits per heavy atom. The smallest absolute Gasteiger partial charge is 0.243 e. The third-order valence-electron chi connectivity index (χ3n) is 3.81. The molecule has 0 radical (unpaired) electrons. The summed E-state index contributed by atoms with van der Waals surface area (Å²) < 4.78 is 28.2. The maximum absolute atomic E-state index is 12.8. The molecule has 120 valence electrons. The standard InChI is InChI=1S/C14H21BrN2O2S.ClH/c1-11-10-13(5-6-14(11)15)20(18,19)17-9-3-2-4-12(17)7-8-16;/h5-6,10,12H,2-4,7-9,16H2,1H3;1H. The topological polar surface area (TPSA) is 63.4 Å². The van der Waals surface area contributed by atoms with E-state index in [0.29, 0.717) is 18.0 Å². The average molecular weight is 398 g/mol. The van der Waals surface area contributed by atoms with Crippen LogP contribution in [-0.2, 0) is 10.0 Å². The van der Waals surface area contributed by atoms with E-state index in [1.54, 1.807) is 22.5 Å². The molecule has 1 aromatic rings. The molecule has 1 heterocycles. The van der Waals surface area contributed by atoms with Crippen LogP contribution in [0.1, 0.15) is 31.2 Å². The van der Waals surface area contributed by atoms with E-state index >= 15 is 0 Å². The van der Waals surface area contributed by atoms with Crippen molar-refractivity contribution >= 4 is 38.4 Å². The third kappa shape index (κ3) is 4.20. The van der Waals surface area contributed by atoms with Gasteiger partial charge in [-0.05, 0) is 56.5 Å². The summed E-state index contributed by atoms with van der Waals surface area (Å²) in [6.45, 7) is 3.02. The van der Waals surface area contributed by atoms with Gasteiger partial charge in [0.15, 0.2) is 0 Å². The number of halogens is 2. The van der Waals surface area contributed by atoms with Gasteiger partial charge in [0.2, 0.25) is 10.0 Å². The maximum Gasteiger partial charge on any atom is 0.243 e. The molecule has 7 heteroatoms. The fourth-order valence-corrected chi connectivity index (χ4v) is 4.74. The van der Waals surface area contributed by atoms with Crippen LogP contribution in [0.25, 0.3) is 0 Å². The molecule has 1 saturated heterocycles. The van der Waals surface area contributed by atoms with Crippen molar-refractivity contribution in [1.82, 2.24) is 4.31 Å². The number of rotatable bonds is 4. The van der Waals surface area contributed by atoms with Gasteiger partial charge in [-0.2, -0.15) is 4.31 Å². The Labute approximate surface area is 141 Å². The van der Waals surface area contributed by atoms with Gasteiger partial charge in [-0.25, -0.2) is 8.42 Å². The second-order valence-electron chi connectivity index (χ2n) is 5.25. The number of sulfonamides is 1. The number of hydrogen-bond donors (Lipinski definition) is 1. The normalized spacial score (nSPS) is 20.0. The Morgan fingerprint density at radius 2 is 2.10 bits per heavy atom. The highest BCUT2D eigenvalue weighted by Crippen LogP contribution is 2.28. The second-order valence-corrected chi connectivity index (χ2v) is 8.00. The van der Waals surface area contributed by atoms with E-state index in [1.165, 1.54) is 0 Å². The molecule has 2 rings (SSSR count). The van der Waals surface area contributed by atoms with Crippen LogP contribution in [0.15, 0.2) is 27.6 Å². The van der Waals surface area contributed by atoms with Crippen LogP contribution in [0.2, 0.25) is 0 Å². The van der Waals surface area contributed by atoms with Crippen molar-refractivity contribution in [3.05, 3.63) is 28.2 Å². The van der Waals surface area contributed by atoms with Crippen molar-refractivity contribution in [1.29, 1.82) is 0 Å². The van der Waals surface area contributed by atoms with E-state index in [0.717, 1.165) is 35.7 Å². The van der Waals surface area contributed by atoms with Crippen molar-refractivity contribution in [3.8, 4) is 0 Å². The van der Waals surface area contributed by atoms with Crippen LogP contribution in [-0.4, -0.2) is 31.9 Å². The van der Waals surface area contributed by atoms with E-state index in [1.807, 2.05) is 6.92 Å². The second kappa shape index (κ2) is 7.92. The zero-order valence-corrected chi connectivity index (χ0v) is 15.3. The number of aryl methyl sites for hydroxylation is 1. The summed E-state index contributed by atoms with van der Waals surface area (Å²) in [4.78, 5) is 0.377. The number of hydrogen-bond acceptors (Lipinski definition) is 3. The van der Waals surface area contributed by atoms with Crippen molar-refractivity contribution in [2.24, 2.45) is 5.73 Å². The quantitative estimate of drug-likeness (QED) is 0.849. The van der Waals surface area contributed by atoms with Crippen molar-refractivity contribution in [3.63, 3.8) is 0 Å². The maximum atomic E-state index is 12.8. The van der Waals surface area contributed by atoms with E-state index in [4.69, 9.17) is 5.73 Å². The zero-order chi connectivity index (χ0) is 14.8. The van der Waals surface area contributed by atoms with Gasteiger partial charge in [-0.3, -0.25) is 0 Å². The predicted octanol–water partition coefficient (Wildman–Crippen LogP) is 3.07. The summed E-state index contributed by atoms with van der Waals surface area (Å²) in [5, 5.41) is 0. The van der Waals surface area contributed by atoms with Gasteiger partial charge in [0.05, 0.1) is 4.90 Å². The summed E-state index contributed by atoms with van der Waals surface area (Å²) in [7, 11) is -3.42. The van der Waals surface area contributed by atoms with Crippen LogP contribution in [0.3, 0.4) is 0 Å². The average Bonchev–Trinajstić information content (AvgIpc) is 2.42. The van der Waals surface area contributed by atoms with Crippen LogP contribution in [0.5, 0.6) is 0 Å². The van der Waals surface area contributed by atoms with E-state index in [9.17, 15) is 8.42 Å². The largest absolute Gasteiger partial charge is 0.330 e. The van der Waals surface area contributed by atoms with Crippen molar-refractivity contribution in [2.75, 3.05) is 13.1 Å². The SMILES string of the molecule is Cc1cc(S(=O)(=O)N2CCCCC2CCN)ccc1Br.Cl. The first-order valence-corrected chi connectivity index (χ1v) is 9.18. The molecule has 1 aliphatic rings.